The van der Waals surface area contributed by atoms with E-state index in [1.54, 1.807) is 0 Å². The number of aryl methyl sites for hydroxylation is 2. The second kappa shape index (κ2) is 5.38. The van der Waals surface area contributed by atoms with Crippen molar-refractivity contribution in [3.8, 4) is 0 Å². The molecule has 16 heavy (non-hydrogen) atoms. The third-order valence-electron chi connectivity index (χ3n) is 2.79. The predicted octanol–water partition coefficient (Wildman–Crippen LogP) is 4.27. The summed E-state index contributed by atoms with van der Waals surface area (Å²) >= 11 is 0. The molecule has 1 heteroatoms. The van der Waals surface area contributed by atoms with Gasteiger partial charge in [0.25, 0.3) is 0 Å². The molecule has 1 aromatic rings. The Hall–Kier alpha value is -0.980. The Morgan fingerprint density at radius 2 is 1.50 bits per heavy atom. The van der Waals surface area contributed by atoms with E-state index in [2.05, 4.69) is 58.1 Å². The first-order chi connectivity index (χ1) is 7.48. The van der Waals surface area contributed by atoms with Gasteiger partial charge in [-0.15, -0.1) is 0 Å². The normalized spacial score (nSPS) is 11.6. The minimum atomic E-state index is 0.325. The van der Waals surface area contributed by atoms with Crippen LogP contribution in [0.1, 0.15) is 45.7 Å². The third kappa shape index (κ3) is 3.55. The van der Waals surface area contributed by atoms with Crippen molar-refractivity contribution in [2.24, 2.45) is 5.41 Å². The first-order valence-electron chi connectivity index (χ1n) is 6.32. The van der Waals surface area contributed by atoms with Crippen LogP contribution in [0, 0.1) is 5.41 Å². The fourth-order valence-corrected chi connectivity index (χ4v) is 1.82. The van der Waals surface area contributed by atoms with E-state index in [9.17, 15) is 0 Å². The van der Waals surface area contributed by atoms with E-state index in [4.69, 9.17) is 0 Å². The first-order valence-corrected chi connectivity index (χ1v) is 6.32. The van der Waals surface area contributed by atoms with E-state index in [0.29, 0.717) is 5.41 Å². The van der Waals surface area contributed by atoms with Gasteiger partial charge in [0, 0.05) is 12.2 Å². The first kappa shape index (κ1) is 13.1. The number of benzene rings is 1. The summed E-state index contributed by atoms with van der Waals surface area (Å²) in [5, 5.41) is 3.62. The van der Waals surface area contributed by atoms with Gasteiger partial charge in [0.1, 0.15) is 0 Å². The van der Waals surface area contributed by atoms with Crippen LogP contribution in [0.5, 0.6) is 0 Å². The van der Waals surface area contributed by atoms with Crippen molar-refractivity contribution in [1.82, 2.24) is 0 Å². The van der Waals surface area contributed by atoms with Crippen molar-refractivity contribution in [2.75, 3.05) is 11.9 Å². The average Bonchev–Trinajstić information content (AvgIpc) is 2.24. The van der Waals surface area contributed by atoms with Crippen molar-refractivity contribution in [2.45, 2.75) is 47.5 Å². The lowest BCUT2D eigenvalue weighted by Crippen LogP contribution is -2.20. The quantitative estimate of drug-likeness (QED) is 0.797. The van der Waals surface area contributed by atoms with Crippen LogP contribution in [-0.4, -0.2) is 6.54 Å². The van der Waals surface area contributed by atoms with Crippen LogP contribution in [0.3, 0.4) is 0 Å². The lowest BCUT2D eigenvalue weighted by atomic mass is 9.95. The highest BCUT2D eigenvalue weighted by molar-refractivity contribution is 5.58. The zero-order chi connectivity index (χ0) is 12.2. The van der Waals surface area contributed by atoms with Crippen LogP contribution in [0.25, 0.3) is 0 Å². The van der Waals surface area contributed by atoms with Crippen LogP contribution in [0.15, 0.2) is 18.2 Å². The highest BCUT2D eigenvalue weighted by Crippen LogP contribution is 2.24. The lowest BCUT2D eigenvalue weighted by molar-refractivity contribution is 0.443. The third-order valence-corrected chi connectivity index (χ3v) is 2.79. The molecule has 0 radical (unpaired) electrons. The van der Waals surface area contributed by atoms with Crippen molar-refractivity contribution in [1.29, 1.82) is 0 Å². The van der Waals surface area contributed by atoms with Gasteiger partial charge in [-0.3, -0.25) is 0 Å². The highest BCUT2D eigenvalue weighted by atomic mass is 14.9. The SMILES string of the molecule is CCc1cccc(CC)c1NCC(C)(C)C. The molecular formula is C15H25N. The molecule has 0 heterocycles. The van der Waals surface area contributed by atoms with Crippen LogP contribution >= 0.6 is 0 Å². The smallest absolute Gasteiger partial charge is 0.0405 e. The standard InChI is InChI=1S/C15H25N/c1-6-12-9-8-10-13(7-2)14(12)16-11-15(3,4)5/h8-10,16H,6-7,11H2,1-5H3. The molecular weight excluding hydrogens is 194 g/mol. The van der Waals surface area contributed by atoms with Crippen molar-refractivity contribution in [3.05, 3.63) is 29.3 Å². The van der Waals surface area contributed by atoms with E-state index in [1.807, 2.05) is 0 Å². The molecule has 0 spiro atoms. The maximum Gasteiger partial charge on any atom is 0.0405 e. The Bertz CT molecular complexity index is 312. The zero-order valence-electron chi connectivity index (χ0n) is 11.4. The summed E-state index contributed by atoms with van der Waals surface area (Å²) in [6.45, 7) is 12.3. The van der Waals surface area contributed by atoms with Crippen molar-refractivity contribution >= 4 is 5.69 Å². The van der Waals surface area contributed by atoms with Crippen molar-refractivity contribution in [3.63, 3.8) is 0 Å². The molecule has 0 atom stereocenters. The van der Waals surface area contributed by atoms with Crippen LogP contribution in [-0.2, 0) is 12.8 Å². The molecule has 0 aromatic heterocycles. The van der Waals surface area contributed by atoms with Crippen LogP contribution < -0.4 is 5.32 Å². The molecule has 1 nitrogen and oxygen atoms in total. The van der Waals surface area contributed by atoms with Gasteiger partial charge in [0.15, 0.2) is 0 Å². The summed E-state index contributed by atoms with van der Waals surface area (Å²) in [6.07, 6.45) is 2.20. The largest absolute Gasteiger partial charge is 0.384 e. The molecule has 0 fully saturated rings. The van der Waals surface area contributed by atoms with Gasteiger partial charge in [0.2, 0.25) is 0 Å². The van der Waals surface area contributed by atoms with Gasteiger partial charge < -0.3 is 5.32 Å². The molecule has 0 aliphatic heterocycles. The molecule has 0 saturated heterocycles. The minimum absolute atomic E-state index is 0.325. The van der Waals surface area contributed by atoms with Gasteiger partial charge in [0.05, 0.1) is 0 Å². The maximum absolute atomic E-state index is 3.62. The van der Waals surface area contributed by atoms with Gasteiger partial charge >= 0.3 is 0 Å². The summed E-state index contributed by atoms with van der Waals surface area (Å²) in [4.78, 5) is 0. The Morgan fingerprint density at radius 1 is 1.00 bits per heavy atom. The minimum Gasteiger partial charge on any atom is -0.384 e. The highest BCUT2D eigenvalue weighted by Gasteiger charge is 2.12. The predicted molar refractivity (Wildman–Crippen MR) is 73.1 cm³/mol. The summed E-state index contributed by atoms with van der Waals surface area (Å²) in [6, 6.07) is 6.62. The van der Waals surface area contributed by atoms with E-state index in [-0.39, 0.29) is 0 Å². The second-order valence-electron chi connectivity index (χ2n) is 5.57. The summed E-state index contributed by atoms with van der Waals surface area (Å²) in [7, 11) is 0. The summed E-state index contributed by atoms with van der Waals surface area (Å²) < 4.78 is 0. The van der Waals surface area contributed by atoms with Crippen LogP contribution in [0.4, 0.5) is 5.69 Å². The lowest BCUT2D eigenvalue weighted by Gasteiger charge is -2.22. The molecule has 0 unspecified atom stereocenters. The van der Waals surface area contributed by atoms with E-state index in [1.165, 1.54) is 16.8 Å². The molecule has 0 aliphatic carbocycles. The average molecular weight is 219 g/mol. The summed E-state index contributed by atoms with van der Waals surface area (Å²) in [5.74, 6) is 0. The maximum atomic E-state index is 3.62. The molecule has 1 aromatic carbocycles. The zero-order valence-corrected chi connectivity index (χ0v) is 11.4. The molecule has 0 bridgehead atoms. The van der Waals surface area contributed by atoms with Crippen molar-refractivity contribution < 1.29 is 0 Å². The van der Waals surface area contributed by atoms with E-state index >= 15 is 0 Å². The molecule has 0 saturated carbocycles. The fraction of sp³-hybridized carbons (Fsp3) is 0.600. The number of rotatable bonds is 4. The Kier molecular flexibility index (Phi) is 4.40. The molecule has 0 aliphatic rings. The van der Waals surface area contributed by atoms with Gasteiger partial charge in [-0.2, -0.15) is 0 Å². The monoisotopic (exact) mass is 219 g/mol. The number of para-hydroxylation sites is 1. The fourth-order valence-electron chi connectivity index (χ4n) is 1.82. The van der Waals surface area contributed by atoms with Gasteiger partial charge in [-0.25, -0.2) is 0 Å². The van der Waals surface area contributed by atoms with Gasteiger partial charge in [-0.1, -0.05) is 52.8 Å². The Balaban J connectivity index is 2.91. The van der Waals surface area contributed by atoms with E-state index < -0.39 is 0 Å². The number of hydrogen-bond donors (Lipinski definition) is 1. The Labute approximate surface area is 100 Å². The number of hydrogen-bond acceptors (Lipinski definition) is 1. The molecule has 90 valence electrons. The molecule has 1 rings (SSSR count). The van der Waals surface area contributed by atoms with Crippen LogP contribution in [0.2, 0.25) is 0 Å². The Morgan fingerprint density at radius 3 is 1.88 bits per heavy atom. The molecule has 0 amide bonds. The number of nitrogens with one attached hydrogen (secondary N) is 1. The topological polar surface area (TPSA) is 12.0 Å². The second-order valence-corrected chi connectivity index (χ2v) is 5.57. The molecule has 1 N–H and O–H groups in total. The summed E-state index contributed by atoms with van der Waals surface area (Å²) in [5.41, 5.74) is 4.56. The van der Waals surface area contributed by atoms with Gasteiger partial charge in [-0.05, 0) is 29.4 Å². The number of anilines is 1. The van der Waals surface area contributed by atoms with E-state index in [0.717, 1.165) is 19.4 Å².